The number of imidazole rings is 1. The second-order valence-corrected chi connectivity index (χ2v) is 4.08. The number of halogens is 2. The lowest BCUT2D eigenvalue weighted by atomic mass is 10.0. The maximum atomic E-state index is 5.61. The van der Waals surface area contributed by atoms with E-state index < -0.39 is 0 Å². The van der Waals surface area contributed by atoms with Crippen molar-refractivity contribution in [1.82, 2.24) is 9.97 Å². The molecule has 1 aliphatic rings. The first-order chi connectivity index (χ1) is 6.79. The molecule has 1 aromatic heterocycles. The standard InChI is InChI=1S/C7H11N3.C2H4Cl2/c8-4-7(1-2-7)6-3-9-5-10-6;3-1-2-4/h3,5H,1-2,4,8H2,(H,9,10);1-2H2. The van der Waals surface area contributed by atoms with Gasteiger partial charge in [-0.05, 0) is 12.8 Å². The van der Waals surface area contributed by atoms with Crippen molar-refractivity contribution >= 4 is 23.2 Å². The van der Waals surface area contributed by atoms with Crippen LogP contribution in [0.1, 0.15) is 18.5 Å². The van der Waals surface area contributed by atoms with Gasteiger partial charge in [-0.15, -0.1) is 23.2 Å². The summed E-state index contributed by atoms with van der Waals surface area (Å²) in [4.78, 5) is 7.07. The highest BCUT2D eigenvalue weighted by Gasteiger charge is 2.43. The van der Waals surface area contributed by atoms with Crippen molar-refractivity contribution in [2.75, 3.05) is 18.3 Å². The van der Waals surface area contributed by atoms with Gasteiger partial charge >= 0.3 is 0 Å². The van der Waals surface area contributed by atoms with Gasteiger partial charge in [-0.3, -0.25) is 0 Å². The average molecular weight is 236 g/mol. The fourth-order valence-electron chi connectivity index (χ4n) is 1.28. The van der Waals surface area contributed by atoms with E-state index in [9.17, 15) is 0 Å². The molecule has 1 aliphatic carbocycles. The maximum absolute atomic E-state index is 5.61. The van der Waals surface area contributed by atoms with Crippen LogP contribution in [-0.2, 0) is 5.41 Å². The van der Waals surface area contributed by atoms with Crippen molar-refractivity contribution < 1.29 is 0 Å². The van der Waals surface area contributed by atoms with Crippen LogP contribution in [-0.4, -0.2) is 28.3 Å². The van der Waals surface area contributed by atoms with Crippen LogP contribution < -0.4 is 5.73 Å². The summed E-state index contributed by atoms with van der Waals surface area (Å²) in [5, 5.41) is 0. The van der Waals surface area contributed by atoms with Crippen LogP contribution in [0.3, 0.4) is 0 Å². The third kappa shape index (κ3) is 2.87. The normalized spacial score (nSPS) is 17.1. The summed E-state index contributed by atoms with van der Waals surface area (Å²) in [6, 6.07) is 0. The van der Waals surface area contributed by atoms with Crippen LogP contribution in [0.2, 0.25) is 0 Å². The van der Waals surface area contributed by atoms with Crippen LogP contribution in [0.4, 0.5) is 0 Å². The number of hydrogen-bond donors (Lipinski definition) is 2. The smallest absolute Gasteiger partial charge is 0.0921 e. The molecule has 0 unspecified atom stereocenters. The molecule has 5 heteroatoms. The van der Waals surface area contributed by atoms with Gasteiger partial charge < -0.3 is 10.7 Å². The van der Waals surface area contributed by atoms with Gasteiger partial charge in [0.15, 0.2) is 0 Å². The van der Waals surface area contributed by atoms with Gasteiger partial charge in [-0.1, -0.05) is 0 Å². The Morgan fingerprint density at radius 3 is 2.36 bits per heavy atom. The Balaban J connectivity index is 0.000000213. The van der Waals surface area contributed by atoms with Crippen molar-refractivity contribution in [1.29, 1.82) is 0 Å². The quantitative estimate of drug-likeness (QED) is 0.787. The summed E-state index contributed by atoms with van der Waals surface area (Å²) in [6.07, 6.45) is 6.02. The molecular weight excluding hydrogens is 221 g/mol. The molecule has 0 atom stereocenters. The number of nitrogens with zero attached hydrogens (tertiary/aromatic N) is 1. The second kappa shape index (κ2) is 5.59. The topological polar surface area (TPSA) is 54.7 Å². The van der Waals surface area contributed by atoms with Gasteiger partial charge in [0.05, 0.1) is 6.33 Å². The van der Waals surface area contributed by atoms with Crippen LogP contribution in [0.25, 0.3) is 0 Å². The Hall–Kier alpha value is -0.250. The highest BCUT2D eigenvalue weighted by Crippen LogP contribution is 2.45. The first kappa shape index (κ1) is 11.8. The minimum Gasteiger partial charge on any atom is -0.348 e. The predicted molar refractivity (Wildman–Crippen MR) is 60.0 cm³/mol. The zero-order valence-corrected chi connectivity index (χ0v) is 9.48. The Kier molecular flexibility index (Phi) is 4.72. The average Bonchev–Trinajstić information content (AvgIpc) is 2.85. The van der Waals surface area contributed by atoms with Crippen molar-refractivity contribution in [3.05, 3.63) is 18.2 Å². The summed E-state index contributed by atoms with van der Waals surface area (Å²) in [7, 11) is 0. The third-order valence-electron chi connectivity index (χ3n) is 2.39. The van der Waals surface area contributed by atoms with Gasteiger partial charge in [-0.2, -0.15) is 0 Å². The zero-order valence-electron chi connectivity index (χ0n) is 7.97. The molecule has 0 saturated heterocycles. The second-order valence-electron chi connectivity index (χ2n) is 3.33. The highest BCUT2D eigenvalue weighted by atomic mass is 35.5. The molecule has 3 nitrogen and oxygen atoms in total. The molecule has 2 rings (SSSR count). The molecule has 1 heterocycles. The fraction of sp³-hybridized carbons (Fsp3) is 0.667. The lowest BCUT2D eigenvalue weighted by molar-refractivity contribution is 0.683. The zero-order chi connectivity index (χ0) is 10.4. The molecule has 0 aromatic carbocycles. The van der Waals surface area contributed by atoms with Gasteiger partial charge in [0, 0.05) is 35.6 Å². The monoisotopic (exact) mass is 235 g/mol. The number of nitrogens with one attached hydrogen (secondary N) is 1. The first-order valence-corrected chi connectivity index (χ1v) is 5.67. The summed E-state index contributed by atoms with van der Waals surface area (Å²) in [5.74, 6) is 1.11. The molecule has 1 fully saturated rings. The minimum atomic E-state index is 0.274. The molecule has 14 heavy (non-hydrogen) atoms. The summed E-state index contributed by atoms with van der Waals surface area (Å²) in [6.45, 7) is 0.745. The van der Waals surface area contributed by atoms with Gasteiger partial charge in [0.1, 0.15) is 0 Å². The lowest BCUT2D eigenvalue weighted by Crippen LogP contribution is -2.19. The van der Waals surface area contributed by atoms with E-state index in [1.165, 1.54) is 18.5 Å². The number of aromatic amines is 1. The van der Waals surface area contributed by atoms with E-state index in [0.717, 1.165) is 6.54 Å². The van der Waals surface area contributed by atoms with Gasteiger partial charge in [0.2, 0.25) is 0 Å². The molecule has 0 aliphatic heterocycles. The number of nitrogens with two attached hydrogens (primary N) is 1. The Bertz CT molecular complexity index is 243. The van der Waals surface area contributed by atoms with Crippen molar-refractivity contribution in [2.24, 2.45) is 5.73 Å². The molecular formula is C9H15Cl2N3. The van der Waals surface area contributed by atoms with E-state index in [2.05, 4.69) is 9.97 Å². The Morgan fingerprint density at radius 2 is 2.07 bits per heavy atom. The first-order valence-electron chi connectivity index (χ1n) is 4.60. The fourth-order valence-corrected chi connectivity index (χ4v) is 1.28. The minimum absolute atomic E-state index is 0.274. The van der Waals surface area contributed by atoms with E-state index in [4.69, 9.17) is 28.9 Å². The Morgan fingerprint density at radius 1 is 1.43 bits per heavy atom. The molecule has 0 spiro atoms. The highest BCUT2D eigenvalue weighted by molar-refractivity contribution is 6.25. The SMILES string of the molecule is ClCCCl.NCC1(c2cnc[nH]2)CC1. The molecule has 0 bridgehead atoms. The number of rotatable bonds is 3. The number of aromatic nitrogens is 2. The lowest BCUT2D eigenvalue weighted by Gasteiger charge is -2.07. The molecule has 80 valence electrons. The van der Waals surface area contributed by atoms with Crippen LogP contribution in [0, 0.1) is 0 Å². The van der Waals surface area contributed by atoms with E-state index in [1.54, 1.807) is 6.33 Å². The van der Waals surface area contributed by atoms with E-state index in [0.29, 0.717) is 11.8 Å². The molecule has 1 aromatic rings. The molecule has 3 N–H and O–H groups in total. The van der Waals surface area contributed by atoms with Gasteiger partial charge in [0.25, 0.3) is 0 Å². The van der Waals surface area contributed by atoms with E-state index in [-0.39, 0.29) is 5.41 Å². The van der Waals surface area contributed by atoms with Crippen LogP contribution in [0.5, 0.6) is 0 Å². The van der Waals surface area contributed by atoms with Crippen molar-refractivity contribution in [3.63, 3.8) is 0 Å². The third-order valence-corrected chi connectivity index (χ3v) is 2.96. The Labute approximate surface area is 94.0 Å². The molecule has 1 saturated carbocycles. The predicted octanol–water partition coefficient (Wildman–Crippen LogP) is 1.86. The largest absolute Gasteiger partial charge is 0.348 e. The number of alkyl halides is 2. The van der Waals surface area contributed by atoms with Crippen molar-refractivity contribution in [2.45, 2.75) is 18.3 Å². The molecule has 0 amide bonds. The van der Waals surface area contributed by atoms with Crippen molar-refractivity contribution in [3.8, 4) is 0 Å². The summed E-state index contributed by atoms with van der Waals surface area (Å²) < 4.78 is 0. The van der Waals surface area contributed by atoms with E-state index in [1.807, 2.05) is 6.20 Å². The summed E-state index contributed by atoms with van der Waals surface area (Å²) in [5.41, 5.74) is 7.09. The number of H-pyrrole nitrogens is 1. The van der Waals surface area contributed by atoms with Gasteiger partial charge in [-0.25, -0.2) is 4.98 Å². The maximum Gasteiger partial charge on any atom is 0.0921 e. The van der Waals surface area contributed by atoms with Crippen LogP contribution in [0.15, 0.2) is 12.5 Å². The van der Waals surface area contributed by atoms with Crippen LogP contribution >= 0.6 is 23.2 Å². The number of hydrogen-bond acceptors (Lipinski definition) is 2. The molecule has 0 radical (unpaired) electrons. The van der Waals surface area contributed by atoms with E-state index >= 15 is 0 Å². The summed E-state index contributed by atoms with van der Waals surface area (Å²) >= 11 is 10.1.